The van der Waals surface area contributed by atoms with Crippen LogP contribution in [0.3, 0.4) is 0 Å². The Hall–Kier alpha value is -5.04. The summed E-state index contributed by atoms with van der Waals surface area (Å²) < 4.78 is 0. The van der Waals surface area contributed by atoms with Crippen molar-refractivity contribution < 1.29 is 10.2 Å². The Kier molecular flexibility index (Phi) is 7.35. The van der Waals surface area contributed by atoms with Gasteiger partial charge in [0.25, 0.3) is 0 Å². The van der Waals surface area contributed by atoms with E-state index in [1.54, 1.807) is 0 Å². The quantitative estimate of drug-likeness (QED) is 0.161. The van der Waals surface area contributed by atoms with Crippen LogP contribution in [0.1, 0.15) is 67.3 Å². The van der Waals surface area contributed by atoms with Crippen molar-refractivity contribution in [1.29, 1.82) is 0 Å². The lowest BCUT2D eigenvalue weighted by molar-refractivity contribution is 0.282. The average molecular weight is 607 g/mol. The van der Waals surface area contributed by atoms with Crippen molar-refractivity contribution in [3.05, 3.63) is 116 Å². The summed E-state index contributed by atoms with van der Waals surface area (Å²) in [6.07, 6.45) is 7.98. The Bertz CT molecular complexity index is 2150. The molecule has 0 atom stereocenters. The lowest BCUT2D eigenvalue weighted by Crippen LogP contribution is -1.97. The van der Waals surface area contributed by atoms with Gasteiger partial charge in [0.05, 0.1) is 36.0 Å². The molecule has 2 aromatic carbocycles. The second kappa shape index (κ2) is 11.4. The molecule has 2 aliphatic rings. The number of aliphatic hydroxyl groups is 2. The number of nitrogens with one attached hydrogen (secondary N) is 2. The second-order valence-electron chi connectivity index (χ2n) is 12.6. The van der Waals surface area contributed by atoms with E-state index in [2.05, 4.69) is 87.9 Å². The first kappa shape index (κ1) is 29.7. The molecule has 0 fully saturated rings. The Morgan fingerprint density at radius 3 is 1.20 bits per heavy atom. The van der Waals surface area contributed by atoms with Crippen LogP contribution < -0.4 is 0 Å². The molecular weight excluding hydrogens is 568 g/mol. The zero-order valence-corrected chi connectivity index (χ0v) is 27.1. The molecule has 0 spiro atoms. The Balaban J connectivity index is 1.68. The van der Waals surface area contributed by atoms with Crippen LogP contribution in [0, 0.1) is 41.5 Å². The number of hydrogen-bond acceptors (Lipinski definition) is 4. The molecule has 4 N–H and O–H groups in total. The van der Waals surface area contributed by atoms with Gasteiger partial charge < -0.3 is 20.2 Å². The Morgan fingerprint density at radius 1 is 0.457 bits per heavy atom. The minimum Gasteiger partial charge on any atom is -0.392 e. The molecule has 5 aromatic rings. The monoisotopic (exact) mass is 606 g/mol. The molecule has 0 saturated heterocycles. The number of hydrogen-bond donors (Lipinski definition) is 4. The van der Waals surface area contributed by atoms with Crippen LogP contribution in [0.4, 0.5) is 0 Å². The molecule has 0 radical (unpaired) electrons. The third-order valence-electron chi connectivity index (χ3n) is 9.14. The van der Waals surface area contributed by atoms with Gasteiger partial charge in [-0.05, 0) is 123 Å². The van der Waals surface area contributed by atoms with Crippen molar-refractivity contribution in [2.24, 2.45) is 0 Å². The van der Waals surface area contributed by atoms with Gasteiger partial charge in [0.1, 0.15) is 0 Å². The van der Waals surface area contributed by atoms with Crippen LogP contribution in [0.2, 0.25) is 0 Å². The number of aryl methyl sites for hydroxylation is 6. The number of fused-ring (bicyclic) bond motifs is 8. The predicted octanol–water partition coefficient (Wildman–Crippen LogP) is 8.82. The smallest absolute Gasteiger partial charge is 0.0738 e. The fourth-order valence-electron chi connectivity index (χ4n) is 7.33. The summed E-state index contributed by atoms with van der Waals surface area (Å²) in [5.74, 6) is 0. The van der Waals surface area contributed by atoms with Gasteiger partial charge in [0.2, 0.25) is 0 Å². The Morgan fingerprint density at radius 2 is 0.804 bits per heavy atom. The van der Waals surface area contributed by atoms with Gasteiger partial charge in [-0.2, -0.15) is 0 Å². The first-order chi connectivity index (χ1) is 22.2. The summed E-state index contributed by atoms with van der Waals surface area (Å²) in [5, 5.41) is 21.4. The van der Waals surface area contributed by atoms with Gasteiger partial charge in [-0.15, -0.1) is 0 Å². The number of nitrogens with zero attached hydrogens (tertiary/aromatic N) is 2. The zero-order chi connectivity index (χ0) is 32.3. The van der Waals surface area contributed by atoms with E-state index in [1.165, 1.54) is 22.3 Å². The highest BCUT2D eigenvalue weighted by molar-refractivity contribution is 5.97. The van der Waals surface area contributed by atoms with Gasteiger partial charge in [-0.1, -0.05) is 35.4 Å². The molecule has 7 rings (SSSR count). The standard InChI is InChI=1S/C40H38N4O2/c1-21-15-23(3)37(24(4)16-21)39-33-11-7-29(41-33)27(19-45)31-9-13-35(43-31)40(38-25(5)17-22(2)18-26(38)6)36-14-10-32(44-36)28(20-46)30-8-12-34(39)42-30/h7-18,41-42,45-46H,19-20H2,1-6H3. The molecule has 46 heavy (non-hydrogen) atoms. The number of rotatable bonds is 4. The van der Waals surface area contributed by atoms with Crippen LogP contribution >= 0.6 is 0 Å². The van der Waals surface area contributed by atoms with Crippen LogP contribution in [-0.2, 0) is 13.2 Å². The van der Waals surface area contributed by atoms with E-state index in [4.69, 9.17) is 9.97 Å². The summed E-state index contributed by atoms with van der Waals surface area (Å²) in [5.41, 5.74) is 19.1. The number of aromatic nitrogens is 4. The number of H-pyrrole nitrogens is 2. The van der Waals surface area contributed by atoms with E-state index in [-0.39, 0.29) is 13.2 Å². The fourth-order valence-corrected chi connectivity index (χ4v) is 7.33. The lowest BCUT2D eigenvalue weighted by atomic mass is 9.92. The van der Waals surface area contributed by atoms with Crippen molar-refractivity contribution in [3.8, 4) is 22.3 Å². The summed E-state index contributed by atoms with van der Waals surface area (Å²) in [4.78, 5) is 17.5. The van der Waals surface area contributed by atoms with Crippen LogP contribution in [0.5, 0.6) is 0 Å². The molecule has 0 saturated carbocycles. The van der Waals surface area contributed by atoms with Crippen LogP contribution in [0.25, 0.3) is 68.6 Å². The van der Waals surface area contributed by atoms with E-state index in [1.807, 2.05) is 36.4 Å². The summed E-state index contributed by atoms with van der Waals surface area (Å²) in [6.45, 7) is 12.4. The summed E-state index contributed by atoms with van der Waals surface area (Å²) in [7, 11) is 0. The molecule has 8 bridgehead atoms. The molecule has 0 aliphatic carbocycles. The van der Waals surface area contributed by atoms with E-state index < -0.39 is 0 Å². The van der Waals surface area contributed by atoms with Gasteiger partial charge in [-0.25, -0.2) is 9.97 Å². The molecule has 0 amide bonds. The number of benzene rings is 2. The third-order valence-corrected chi connectivity index (χ3v) is 9.14. The SMILES string of the molecule is Cc1cc(C)c(-c2c3nc(c(CO)c4ccc([nH]4)c(-c4c(C)cc(C)cc4C)c4ccc([nH]4)c(CO)c4nc2C=C4)C=C3)c(C)c1. The molecule has 3 aromatic heterocycles. The normalized spacial score (nSPS) is 12.3. The molecule has 2 aliphatic heterocycles. The Labute approximate surface area is 268 Å². The van der Waals surface area contributed by atoms with Crippen LogP contribution in [-0.4, -0.2) is 30.1 Å². The maximum atomic E-state index is 10.7. The highest BCUT2D eigenvalue weighted by Gasteiger charge is 2.21. The number of aromatic amines is 2. The average Bonchev–Trinajstić information content (AvgIpc) is 3.82. The molecule has 6 heteroatoms. The van der Waals surface area contributed by atoms with E-state index >= 15 is 0 Å². The van der Waals surface area contributed by atoms with Crippen molar-refractivity contribution in [1.82, 2.24) is 19.9 Å². The topological polar surface area (TPSA) is 97.8 Å². The van der Waals surface area contributed by atoms with Crippen molar-refractivity contribution in [2.75, 3.05) is 0 Å². The van der Waals surface area contributed by atoms with Crippen molar-refractivity contribution >= 4 is 46.4 Å². The fraction of sp³-hybridized carbons (Fsp3) is 0.200. The maximum absolute atomic E-state index is 10.7. The van der Waals surface area contributed by atoms with Gasteiger partial charge >= 0.3 is 0 Å². The zero-order valence-electron chi connectivity index (χ0n) is 27.1. The largest absolute Gasteiger partial charge is 0.392 e. The van der Waals surface area contributed by atoms with E-state index in [9.17, 15) is 10.2 Å². The summed E-state index contributed by atoms with van der Waals surface area (Å²) in [6, 6.07) is 17.0. The maximum Gasteiger partial charge on any atom is 0.0738 e. The molecular formula is C40H38N4O2. The van der Waals surface area contributed by atoms with Gasteiger partial charge in [0.15, 0.2) is 0 Å². The highest BCUT2D eigenvalue weighted by Crippen LogP contribution is 2.38. The van der Waals surface area contributed by atoms with E-state index in [0.29, 0.717) is 11.4 Å². The van der Waals surface area contributed by atoms with E-state index in [0.717, 1.165) is 78.0 Å². The van der Waals surface area contributed by atoms with Crippen molar-refractivity contribution in [2.45, 2.75) is 54.8 Å². The molecule has 6 nitrogen and oxygen atoms in total. The van der Waals surface area contributed by atoms with Gasteiger partial charge in [-0.3, -0.25) is 0 Å². The summed E-state index contributed by atoms with van der Waals surface area (Å²) >= 11 is 0. The first-order valence-electron chi connectivity index (χ1n) is 15.7. The first-order valence-corrected chi connectivity index (χ1v) is 15.7. The predicted molar refractivity (Wildman–Crippen MR) is 190 cm³/mol. The van der Waals surface area contributed by atoms with Crippen LogP contribution in [0.15, 0.2) is 48.5 Å². The minimum atomic E-state index is -0.174. The minimum absolute atomic E-state index is 0.174. The third kappa shape index (κ3) is 4.91. The molecule has 230 valence electrons. The number of aliphatic hydroxyl groups excluding tert-OH is 2. The van der Waals surface area contributed by atoms with Gasteiger partial charge in [0, 0.05) is 44.3 Å². The highest BCUT2D eigenvalue weighted by atomic mass is 16.3. The van der Waals surface area contributed by atoms with Crippen molar-refractivity contribution in [3.63, 3.8) is 0 Å². The second-order valence-corrected chi connectivity index (χ2v) is 12.6. The molecule has 5 heterocycles. The molecule has 0 unspecified atom stereocenters. The lowest BCUT2D eigenvalue weighted by Gasteiger charge is -2.13.